The predicted octanol–water partition coefficient (Wildman–Crippen LogP) is 2.40. The Kier molecular flexibility index (Phi) is 5.08. The molecule has 1 aliphatic rings. The first-order valence-corrected chi connectivity index (χ1v) is 8.75. The van der Waals surface area contributed by atoms with Gasteiger partial charge in [-0.25, -0.2) is 9.48 Å². The summed E-state index contributed by atoms with van der Waals surface area (Å²) in [6, 6.07) is 9.78. The van der Waals surface area contributed by atoms with Crippen molar-refractivity contribution in [3.8, 4) is 5.69 Å². The van der Waals surface area contributed by atoms with E-state index in [1.807, 2.05) is 48.9 Å². The highest BCUT2D eigenvalue weighted by Gasteiger charge is 2.31. The number of amides is 2. The third-order valence-corrected chi connectivity index (χ3v) is 4.83. The van der Waals surface area contributed by atoms with Crippen LogP contribution in [0.4, 0.5) is 4.79 Å². The van der Waals surface area contributed by atoms with E-state index in [-0.39, 0.29) is 6.03 Å². The number of hydrogen-bond acceptors (Lipinski definition) is 3. The number of para-hydroxylation sites is 1. The van der Waals surface area contributed by atoms with E-state index in [1.54, 1.807) is 11.9 Å². The van der Waals surface area contributed by atoms with Gasteiger partial charge in [-0.05, 0) is 44.7 Å². The average Bonchev–Trinajstić information content (AvgIpc) is 3.41. The summed E-state index contributed by atoms with van der Waals surface area (Å²) in [7, 11) is 1.72. The van der Waals surface area contributed by atoms with Crippen LogP contribution in [-0.2, 0) is 6.54 Å². The molecule has 1 atom stereocenters. The van der Waals surface area contributed by atoms with Crippen molar-refractivity contribution in [2.45, 2.75) is 39.3 Å². The Bertz CT molecular complexity index is 737. The molecule has 6 heteroatoms. The third kappa shape index (κ3) is 4.02. The molecule has 1 aromatic carbocycles. The van der Waals surface area contributed by atoms with Crippen LogP contribution in [0.1, 0.15) is 29.8 Å². The normalized spacial score (nSPS) is 15.0. The Hall–Kier alpha value is -2.34. The van der Waals surface area contributed by atoms with Gasteiger partial charge in [0.05, 0.1) is 17.5 Å². The summed E-state index contributed by atoms with van der Waals surface area (Å²) in [5.74, 6) is 0.365. The Morgan fingerprint density at radius 3 is 2.68 bits per heavy atom. The molecule has 1 aromatic heterocycles. The molecule has 0 bridgehead atoms. The van der Waals surface area contributed by atoms with Crippen molar-refractivity contribution in [1.82, 2.24) is 20.0 Å². The van der Waals surface area contributed by atoms with Gasteiger partial charge < -0.3 is 15.3 Å². The summed E-state index contributed by atoms with van der Waals surface area (Å²) in [5.41, 5.74) is 3.95. The van der Waals surface area contributed by atoms with Crippen molar-refractivity contribution in [1.29, 1.82) is 0 Å². The Morgan fingerprint density at radius 1 is 1.36 bits per heavy atom. The number of hydrogen-bond donors (Lipinski definition) is 2. The molecule has 1 fully saturated rings. The number of urea groups is 1. The molecule has 1 unspecified atom stereocenters. The molecule has 0 radical (unpaired) electrons. The zero-order valence-electron chi connectivity index (χ0n) is 15.1. The highest BCUT2D eigenvalue weighted by molar-refractivity contribution is 5.73. The van der Waals surface area contributed by atoms with Gasteiger partial charge in [0.25, 0.3) is 0 Å². The first-order chi connectivity index (χ1) is 12.0. The van der Waals surface area contributed by atoms with E-state index in [2.05, 4.69) is 10.4 Å². The zero-order chi connectivity index (χ0) is 18.0. The molecule has 0 spiro atoms. The molecule has 0 saturated heterocycles. The van der Waals surface area contributed by atoms with E-state index < -0.39 is 6.10 Å². The fourth-order valence-corrected chi connectivity index (χ4v) is 3.04. The minimum Gasteiger partial charge on any atom is -0.391 e. The minimum atomic E-state index is -0.417. The Balaban J connectivity index is 1.63. The number of rotatable bonds is 6. The number of aryl methyl sites for hydroxylation is 1. The lowest BCUT2D eigenvalue weighted by atomic mass is 10.2. The minimum absolute atomic E-state index is 0.175. The molecule has 6 nitrogen and oxygen atoms in total. The summed E-state index contributed by atoms with van der Waals surface area (Å²) in [6.07, 6.45) is 1.71. The number of aromatic nitrogens is 2. The Labute approximate surface area is 148 Å². The van der Waals surface area contributed by atoms with Crippen molar-refractivity contribution >= 4 is 6.03 Å². The van der Waals surface area contributed by atoms with Crippen LogP contribution in [0.25, 0.3) is 5.69 Å². The van der Waals surface area contributed by atoms with Crippen LogP contribution in [0.3, 0.4) is 0 Å². The topological polar surface area (TPSA) is 70.4 Å². The number of carbonyl (C=O) groups is 1. The zero-order valence-corrected chi connectivity index (χ0v) is 15.1. The molecule has 0 aliphatic heterocycles. The van der Waals surface area contributed by atoms with E-state index >= 15 is 0 Å². The SMILES string of the molecule is Cc1nn(-c2ccccc2)c(C)c1CNC(=O)N(C)CC(O)C1CC1. The molecule has 1 heterocycles. The summed E-state index contributed by atoms with van der Waals surface area (Å²) in [5, 5.41) is 17.5. The van der Waals surface area contributed by atoms with Crippen LogP contribution in [0.5, 0.6) is 0 Å². The summed E-state index contributed by atoms with van der Waals surface area (Å²) in [6.45, 7) is 4.76. The third-order valence-electron chi connectivity index (χ3n) is 4.83. The smallest absolute Gasteiger partial charge is 0.317 e. The van der Waals surface area contributed by atoms with Gasteiger partial charge in [0.2, 0.25) is 0 Å². The van der Waals surface area contributed by atoms with Crippen LogP contribution in [0, 0.1) is 19.8 Å². The lowest BCUT2D eigenvalue weighted by Crippen LogP contribution is -2.41. The van der Waals surface area contributed by atoms with Gasteiger partial charge in [-0.3, -0.25) is 0 Å². The first kappa shape index (κ1) is 17.5. The van der Waals surface area contributed by atoms with Gasteiger partial charge in [-0.1, -0.05) is 18.2 Å². The Morgan fingerprint density at radius 2 is 2.04 bits per heavy atom. The van der Waals surface area contributed by atoms with Crippen molar-refractivity contribution < 1.29 is 9.90 Å². The summed E-state index contributed by atoms with van der Waals surface area (Å²) >= 11 is 0. The number of nitrogens with zero attached hydrogens (tertiary/aromatic N) is 3. The highest BCUT2D eigenvalue weighted by Crippen LogP contribution is 2.32. The molecule has 2 N–H and O–H groups in total. The molecule has 25 heavy (non-hydrogen) atoms. The predicted molar refractivity (Wildman–Crippen MR) is 96.6 cm³/mol. The fraction of sp³-hybridized carbons (Fsp3) is 0.474. The largest absolute Gasteiger partial charge is 0.391 e. The van der Waals surface area contributed by atoms with Crippen molar-refractivity contribution in [3.05, 3.63) is 47.3 Å². The van der Waals surface area contributed by atoms with Crippen LogP contribution in [0.15, 0.2) is 30.3 Å². The number of nitrogens with one attached hydrogen (secondary N) is 1. The van der Waals surface area contributed by atoms with Crippen LogP contribution < -0.4 is 5.32 Å². The summed E-state index contributed by atoms with van der Waals surface area (Å²) < 4.78 is 1.90. The molecular weight excluding hydrogens is 316 g/mol. The quantitative estimate of drug-likeness (QED) is 0.847. The molecule has 1 aliphatic carbocycles. The first-order valence-electron chi connectivity index (χ1n) is 8.75. The van der Waals surface area contributed by atoms with Crippen molar-refractivity contribution in [2.24, 2.45) is 5.92 Å². The number of carbonyl (C=O) groups excluding carboxylic acids is 1. The van der Waals surface area contributed by atoms with Crippen LogP contribution >= 0.6 is 0 Å². The van der Waals surface area contributed by atoms with Crippen LogP contribution in [-0.4, -0.2) is 45.5 Å². The monoisotopic (exact) mass is 342 g/mol. The second-order valence-corrected chi connectivity index (χ2v) is 6.84. The van der Waals surface area contributed by atoms with Gasteiger partial charge in [-0.2, -0.15) is 5.10 Å². The van der Waals surface area contributed by atoms with E-state index in [9.17, 15) is 9.90 Å². The summed E-state index contributed by atoms with van der Waals surface area (Å²) in [4.78, 5) is 13.8. The van der Waals surface area contributed by atoms with Gasteiger partial charge in [-0.15, -0.1) is 0 Å². The molecule has 1 saturated carbocycles. The van der Waals surface area contributed by atoms with E-state index in [0.29, 0.717) is 19.0 Å². The lowest BCUT2D eigenvalue weighted by molar-refractivity contribution is 0.113. The van der Waals surface area contributed by atoms with Gasteiger partial charge in [0, 0.05) is 31.4 Å². The van der Waals surface area contributed by atoms with Crippen molar-refractivity contribution in [3.63, 3.8) is 0 Å². The fourth-order valence-electron chi connectivity index (χ4n) is 3.04. The highest BCUT2D eigenvalue weighted by atomic mass is 16.3. The maximum atomic E-state index is 12.3. The number of aliphatic hydroxyl groups excluding tert-OH is 1. The maximum Gasteiger partial charge on any atom is 0.317 e. The van der Waals surface area contributed by atoms with Crippen LogP contribution in [0.2, 0.25) is 0 Å². The standard InChI is InChI=1S/C19H26N4O2/c1-13-17(14(2)23(21-13)16-7-5-4-6-8-16)11-20-19(25)22(3)12-18(24)15-9-10-15/h4-8,15,18,24H,9-12H2,1-3H3,(H,20,25). The second kappa shape index (κ2) is 7.27. The molecule has 2 aromatic rings. The molecular formula is C19H26N4O2. The number of benzene rings is 1. The van der Waals surface area contributed by atoms with E-state index in [4.69, 9.17) is 0 Å². The van der Waals surface area contributed by atoms with Gasteiger partial charge in [0.1, 0.15) is 0 Å². The molecule has 2 amide bonds. The van der Waals surface area contributed by atoms with E-state index in [1.165, 1.54) is 0 Å². The maximum absolute atomic E-state index is 12.3. The van der Waals surface area contributed by atoms with Gasteiger partial charge >= 0.3 is 6.03 Å². The van der Waals surface area contributed by atoms with E-state index in [0.717, 1.165) is 35.5 Å². The lowest BCUT2D eigenvalue weighted by Gasteiger charge is -2.21. The average molecular weight is 342 g/mol. The van der Waals surface area contributed by atoms with Crippen molar-refractivity contribution in [2.75, 3.05) is 13.6 Å². The number of likely N-dealkylation sites (N-methyl/N-ethyl adjacent to an activating group) is 1. The second-order valence-electron chi connectivity index (χ2n) is 6.84. The molecule has 134 valence electrons. The number of aliphatic hydroxyl groups is 1. The molecule has 3 rings (SSSR count). The van der Waals surface area contributed by atoms with Gasteiger partial charge in [0.15, 0.2) is 0 Å².